The quantitative estimate of drug-likeness (QED) is 0.561. The summed E-state index contributed by atoms with van der Waals surface area (Å²) in [6, 6.07) is 0. The molecule has 0 saturated heterocycles. The third-order valence-electron chi connectivity index (χ3n) is 2.79. The monoisotopic (exact) mass is 260 g/mol. The number of hydrogen-bond acceptors (Lipinski definition) is 2. The first-order valence-corrected chi connectivity index (χ1v) is 7.20. The molecule has 0 radical (unpaired) electrons. The second-order valence-corrected chi connectivity index (χ2v) is 6.52. The van der Waals surface area contributed by atoms with Crippen molar-refractivity contribution in [1.29, 1.82) is 0 Å². The van der Waals surface area contributed by atoms with Crippen LogP contribution in [0.4, 0.5) is 0 Å². The van der Waals surface area contributed by atoms with Crippen molar-refractivity contribution in [2.24, 2.45) is 0 Å². The molecule has 0 aromatic rings. The van der Waals surface area contributed by atoms with Crippen molar-refractivity contribution in [3.8, 4) is 0 Å². The van der Waals surface area contributed by atoms with Gasteiger partial charge in [-0.05, 0) is 0 Å². The maximum absolute atomic E-state index is 11.6. The first kappa shape index (κ1) is 10.3. The third kappa shape index (κ3) is 2.04. The molecule has 2 nitrogen and oxygen atoms in total. The fraction of sp³-hybridized carbons (Fsp3) is 0.727. The van der Waals surface area contributed by atoms with Gasteiger partial charge in [-0.15, -0.1) is 0 Å². The van der Waals surface area contributed by atoms with Gasteiger partial charge in [0.05, 0.1) is 0 Å². The van der Waals surface area contributed by atoms with Gasteiger partial charge >= 0.3 is 91.0 Å². The van der Waals surface area contributed by atoms with E-state index in [1.807, 2.05) is 6.92 Å². The van der Waals surface area contributed by atoms with Crippen molar-refractivity contribution >= 4 is 20.9 Å². The van der Waals surface area contributed by atoms with E-state index in [0.717, 1.165) is 6.42 Å². The number of ether oxygens (including phenoxy) is 1. The molecule has 0 bridgehead atoms. The zero-order valence-corrected chi connectivity index (χ0v) is 10.3. The Kier molecular flexibility index (Phi) is 3.30. The van der Waals surface area contributed by atoms with Gasteiger partial charge in [0.15, 0.2) is 0 Å². The van der Waals surface area contributed by atoms with Crippen LogP contribution < -0.4 is 0 Å². The number of carbonyl (C=O) groups excluding carboxylic acids is 1. The summed E-state index contributed by atoms with van der Waals surface area (Å²) in [5.41, 5.74) is 1.59. The molecule has 0 aromatic heterocycles. The molecule has 78 valence electrons. The van der Waals surface area contributed by atoms with E-state index in [0.29, 0.717) is 21.6 Å². The van der Waals surface area contributed by atoms with Gasteiger partial charge in [0.2, 0.25) is 0 Å². The van der Waals surface area contributed by atoms with Crippen LogP contribution in [-0.2, 0) is 9.53 Å². The van der Waals surface area contributed by atoms with Crippen molar-refractivity contribution in [2.45, 2.75) is 43.8 Å². The second-order valence-electron chi connectivity index (χ2n) is 3.80. The van der Waals surface area contributed by atoms with Gasteiger partial charge in [0.1, 0.15) is 0 Å². The standard InChI is InChI=1S/C11H16O2Se/c1-2-13-11(12)10-7-8-5-3-4-6-9(8)14-10/h10H,2-7H2,1H3. The van der Waals surface area contributed by atoms with E-state index in [2.05, 4.69) is 0 Å². The van der Waals surface area contributed by atoms with Crippen molar-refractivity contribution < 1.29 is 9.53 Å². The molecule has 0 spiro atoms. The molecule has 2 rings (SSSR count). The number of allylic oxidation sites excluding steroid dienone is 2. The van der Waals surface area contributed by atoms with Crippen LogP contribution in [0, 0.1) is 0 Å². The Morgan fingerprint density at radius 1 is 1.50 bits per heavy atom. The molecule has 1 atom stereocenters. The van der Waals surface area contributed by atoms with Crippen LogP contribution in [0.15, 0.2) is 10.0 Å². The molecule has 1 aliphatic carbocycles. The van der Waals surface area contributed by atoms with Gasteiger partial charge in [-0.1, -0.05) is 0 Å². The molecular formula is C11H16O2Se. The number of esters is 1. The molecule has 1 heterocycles. The van der Waals surface area contributed by atoms with Gasteiger partial charge < -0.3 is 0 Å². The van der Waals surface area contributed by atoms with Gasteiger partial charge in [-0.2, -0.15) is 0 Å². The Bertz CT molecular complexity index is 252. The molecule has 0 saturated carbocycles. The van der Waals surface area contributed by atoms with Crippen LogP contribution in [0.25, 0.3) is 0 Å². The van der Waals surface area contributed by atoms with Crippen LogP contribution in [0.3, 0.4) is 0 Å². The Balaban J connectivity index is 1.94. The summed E-state index contributed by atoms with van der Waals surface area (Å²) in [5.74, 6) is 0.0434. The Hall–Kier alpha value is -0.271. The first-order valence-electron chi connectivity index (χ1n) is 5.35. The van der Waals surface area contributed by atoms with Crippen molar-refractivity contribution in [1.82, 2.24) is 0 Å². The number of carbonyl (C=O) groups is 1. The second kappa shape index (κ2) is 4.50. The van der Waals surface area contributed by atoms with Gasteiger partial charge in [0.25, 0.3) is 0 Å². The van der Waals surface area contributed by atoms with Crippen molar-refractivity contribution in [3.05, 3.63) is 10.0 Å². The summed E-state index contributed by atoms with van der Waals surface area (Å²) < 4.78 is 6.71. The summed E-state index contributed by atoms with van der Waals surface area (Å²) in [6.07, 6.45) is 6.16. The maximum atomic E-state index is 11.6. The predicted octanol–water partition coefficient (Wildman–Crippen LogP) is 2.27. The van der Waals surface area contributed by atoms with E-state index in [4.69, 9.17) is 4.74 Å². The third-order valence-corrected chi connectivity index (χ3v) is 5.77. The average molecular weight is 259 g/mol. The van der Waals surface area contributed by atoms with E-state index in [1.54, 1.807) is 10.0 Å². The molecule has 1 aliphatic heterocycles. The Labute approximate surface area is 91.2 Å². The van der Waals surface area contributed by atoms with Gasteiger partial charge in [-0.25, -0.2) is 0 Å². The molecule has 0 amide bonds. The van der Waals surface area contributed by atoms with Gasteiger partial charge in [0, 0.05) is 0 Å². The summed E-state index contributed by atoms with van der Waals surface area (Å²) in [7, 11) is 0. The van der Waals surface area contributed by atoms with Crippen LogP contribution in [-0.4, -0.2) is 27.5 Å². The fourth-order valence-electron chi connectivity index (χ4n) is 2.10. The summed E-state index contributed by atoms with van der Waals surface area (Å²) in [5, 5.41) is 0. The van der Waals surface area contributed by atoms with Crippen molar-refractivity contribution in [3.63, 3.8) is 0 Å². The molecule has 14 heavy (non-hydrogen) atoms. The Morgan fingerprint density at radius 2 is 2.29 bits per heavy atom. The zero-order valence-electron chi connectivity index (χ0n) is 8.54. The minimum absolute atomic E-state index is 0.0434. The van der Waals surface area contributed by atoms with E-state index < -0.39 is 0 Å². The molecule has 1 unspecified atom stereocenters. The summed E-state index contributed by atoms with van der Waals surface area (Å²) >= 11 is 0.405. The molecule has 2 aliphatic rings. The van der Waals surface area contributed by atoms with Crippen LogP contribution in [0.1, 0.15) is 39.0 Å². The fourth-order valence-corrected chi connectivity index (χ4v) is 5.05. The number of hydrogen-bond donors (Lipinski definition) is 0. The van der Waals surface area contributed by atoms with E-state index >= 15 is 0 Å². The Morgan fingerprint density at radius 3 is 3.00 bits per heavy atom. The molecule has 0 fully saturated rings. The van der Waals surface area contributed by atoms with Crippen LogP contribution in [0.2, 0.25) is 4.82 Å². The molecule has 3 heteroatoms. The van der Waals surface area contributed by atoms with Crippen LogP contribution in [0.5, 0.6) is 0 Å². The SMILES string of the molecule is CCOC(=O)C1CC2=C(CCCC2)[Se]1. The summed E-state index contributed by atoms with van der Waals surface area (Å²) in [4.78, 5) is 11.8. The zero-order chi connectivity index (χ0) is 9.97. The van der Waals surface area contributed by atoms with E-state index in [-0.39, 0.29) is 10.8 Å². The summed E-state index contributed by atoms with van der Waals surface area (Å²) in [6.45, 7) is 2.41. The van der Waals surface area contributed by atoms with Crippen LogP contribution >= 0.6 is 0 Å². The van der Waals surface area contributed by atoms with E-state index in [9.17, 15) is 4.79 Å². The first-order chi connectivity index (χ1) is 6.81. The molecular weight excluding hydrogens is 243 g/mol. The average Bonchev–Trinajstić information content (AvgIpc) is 2.61. The molecule has 0 N–H and O–H groups in total. The minimum atomic E-state index is 0.0434. The van der Waals surface area contributed by atoms with Gasteiger partial charge in [-0.3, -0.25) is 0 Å². The normalized spacial score (nSPS) is 26.2. The molecule has 0 aromatic carbocycles. The number of rotatable bonds is 2. The van der Waals surface area contributed by atoms with E-state index in [1.165, 1.54) is 25.7 Å². The van der Waals surface area contributed by atoms with Crippen molar-refractivity contribution in [2.75, 3.05) is 6.61 Å². The topological polar surface area (TPSA) is 26.3 Å². The predicted molar refractivity (Wildman–Crippen MR) is 56.2 cm³/mol.